The van der Waals surface area contributed by atoms with Gasteiger partial charge in [0, 0.05) is 10.4 Å². The van der Waals surface area contributed by atoms with Gasteiger partial charge in [0.2, 0.25) is 0 Å². The van der Waals surface area contributed by atoms with Gasteiger partial charge in [-0.25, -0.2) is 4.39 Å². The van der Waals surface area contributed by atoms with Crippen molar-refractivity contribution >= 4 is 27.3 Å². The molecule has 0 radical (unpaired) electrons. The molecule has 0 spiro atoms. The van der Waals surface area contributed by atoms with E-state index in [0.717, 1.165) is 19.8 Å². The molecular weight excluding hydrogens is 301 g/mol. The Bertz CT molecular complexity index is 527. The Labute approximate surface area is 113 Å². The summed E-state index contributed by atoms with van der Waals surface area (Å²) in [4.78, 5) is 0.961. The molecule has 0 aliphatic heterocycles. The summed E-state index contributed by atoms with van der Waals surface area (Å²) >= 11 is 4.93. The first-order valence-electron chi connectivity index (χ1n) is 5.26. The molecular formula is C13H13BrFNS. The van der Waals surface area contributed by atoms with Crippen molar-refractivity contribution in [3.05, 3.63) is 55.4 Å². The Balaban J connectivity index is 2.47. The molecule has 2 N–H and O–H groups in total. The van der Waals surface area contributed by atoms with E-state index in [1.165, 1.54) is 17.4 Å². The van der Waals surface area contributed by atoms with Crippen LogP contribution in [0.15, 0.2) is 28.1 Å². The molecule has 17 heavy (non-hydrogen) atoms. The predicted molar refractivity (Wildman–Crippen MR) is 73.9 cm³/mol. The summed E-state index contributed by atoms with van der Waals surface area (Å²) in [6.45, 7) is 3.78. The lowest BCUT2D eigenvalue weighted by atomic mass is 9.98. The second-order valence-electron chi connectivity index (χ2n) is 4.10. The average molecular weight is 314 g/mol. The van der Waals surface area contributed by atoms with Crippen molar-refractivity contribution < 1.29 is 4.39 Å². The summed E-state index contributed by atoms with van der Waals surface area (Å²) in [5.41, 5.74) is 8.54. The molecule has 2 aromatic rings. The van der Waals surface area contributed by atoms with Crippen molar-refractivity contribution in [3.8, 4) is 0 Å². The van der Waals surface area contributed by atoms with Crippen LogP contribution < -0.4 is 5.73 Å². The van der Waals surface area contributed by atoms with Crippen LogP contribution in [0.2, 0.25) is 0 Å². The zero-order chi connectivity index (χ0) is 12.6. The molecule has 0 saturated heterocycles. The monoisotopic (exact) mass is 313 g/mol. The number of rotatable bonds is 2. The zero-order valence-electron chi connectivity index (χ0n) is 9.63. The van der Waals surface area contributed by atoms with Crippen LogP contribution in [0.3, 0.4) is 0 Å². The highest BCUT2D eigenvalue weighted by molar-refractivity contribution is 9.11. The second-order valence-corrected chi connectivity index (χ2v) is 6.59. The SMILES string of the molecule is Cc1cc(C)c(C(N)c2ccc(Br)s2)c(F)c1. The van der Waals surface area contributed by atoms with Gasteiger partial charge in [-0.05, 0) is 59.1 Å². The molecule has 1 nitrogen and oxygen atoms in total. The molecule has 4 heteroatoms. The van der Waals surface area contributed by atoms with Crippen molar-refractivity contribution in [1.82, 2.24) is 0 Å². The van der Waals surface area contributed by atoms with E-state index in [9.17, 15) is 4.39 Å². The lowest BCUT2D eigenvalue weighted by Gasteiger charge is -2.15. The lowest BCUT2D eigenvalue weighted by molar-refractivity contribution is 0.597. The molecule has 0 saturated carbocycles. The lowest BCUT2D eigenvalue weighted by Crippen LogP contribution is -2.14. The van der Waals surface area contributed by atoms with Crippen molar-refractivity contribution in [3.63, 3.8) is 0 Å². The molecule has 0 aliphatic carbocycles. The molecule has 90 valence electrons. The smallest absolute Gasteiger partial charge is 0.128 e. The third-order valence-electron chi connectivity index (χ3n) is 2.69. The standard InChI is InChI=1S/C13H13BrFNS/c1-7-5-8(2)12(9(15)6-7)13(16)10-3-4-11(14)17-10/h3-6,13H,16H2,1-2H3. The van der Waals surface area contributed by atoms with Crippen LogP contribution in [0.5, 0.6) is 0 Å². The van der Waals surface area contributed by atoms with Crippen LogP contribution in [0.25, 0.3) is 0 Å². The van der Waals surface area contributed by atoms with Crippen LogP contribution in [-0.4, -0.2) is 0 Å². The Kier molecular flexibility index (Phi) is 3.66. The minimum atomic E-state index is -0.396. The first kappa shape index (κ1) is 12.7. The van der Waals surface area contributed by atoms with Gasteiger partial charge in [0.25, 0.3) is 0 Å². The molecule has 0 bridgehead atoms. The van der Waals surface area contributed by atoms with Gasteiger partial charge in [0.05, 0.1) is 9.83 Å². The summed E-state index contributed by atoms with van der Waals surface area (Å²) in [6, 6.07) is 6.96. The zero-order valence-corrected chi connectivity index (χ0v) is 12.0. The fraction of sp³-hybridized carbons (Fsp3) is 0.231. The number of thiophene rings is 1. The van der Waals surface area contributed by atoms with Crippen molar-refractivity contribution in [2.24, 2.45) is 5.73 Å². The van der Waals surface area contributed by atoms with E-state index in [0.29, 0.717) is 5.56 Å². The van der Waals surface area contributed by atoms with Crippen LogP contribution in [0.4, 0.5) is 4.39 Å². The summed E-state index contributed by atoms with van der Waals surface area (Å²) in [5.74, 6) is -0.223. The Hall–Kier alpha value is -0.710. The van der Waals surface area contributed by atoms with Gasteiger partial charge in [0.1, 0.15) is 5.82 Å². The summed E-state index contributed by atoms with van der Waals surface area (Å²) < 4.78 is 15.0. The maximum atomic E-state index is 14.0. The van der Waals surface area contributed by atoms with Crippen molar-refractivity contribution in [2.75, 3.05) is 0 Å². The summed E-state index contributed by atoms with van der Waals surface area (Å²) in [6.07, 6.45) is 0. The maximum absolute atomic E-state index is 14.0. The highest BCUT2D eigenvalue weighted by atomic mass is 79.9. The topological polar surface area (TPSA) is 26.0 Å². The highest BCUT2D eigenvalue weighted by Crippen LogP contribution is 2.32. The molecule has 2 rings (SSSR count). The fourth-order valence-electron chi connectivity index (χ4n) is 1.96. The van der Waals surface area contributed by atoms with E-state index in [-0.39, 0.29) is 5.82 Å². The van der Waals surface area contributed by atoms with Gasteiger partial charge < -0.3 is 5.73 Å². The van der Waals surface area contributed by atoms with E-state index in [1.807, 2.05) is 32.0 Å². The number of aryl methyl sites for hydroxylation is 2. The molecule has 1 heterocycles. The normalized spacial score (nSPS) is 12.8. The quantitative estimate of drug-likeness (QED) is 0.878. The Morgan fingerprint density at radius 1 is 1.29 bits per heavy atom. The van der Waals surface area contributed by atoms with Gasteiger partial charge >= 0.3 is 0 Å². The average Bonchev–Trinajstić information content (AvgIpc) is 2.63. The van der Waals surface area contributed by atoms with E-state index < -0.39 is 6.04 Å². The largest absolute Gasteiger partial charge is 0.320 e. The highest BCUT2D eigenvalue weighted by Gasteiger charge is 2.18. The van der Waals surface area contributed by atoms with Crippen LogP contribution >= 0.6 is 27.3 Å². The van der Waals surface area contributed by atoms with Gasteiger partial charge in [-0.3, -0.25) is 0 Å². The fourth-order valence-corrected chi connectivity index (χ4v) is 3.39. The third kappa shape index (κ3) is 2.59. The first-order valence-corrected chi connectivity index (χ1v) is 6.87. The molecule has 1 aromatic carbocycles. The second kappa shape index (κ2) is 4.88. The number of hydrogen-bond donors (Lipinski definition) is 1. The number of hydrogen-bond acceptors (Lipinski definition) is 2. The van der Waals surface area contributed by atoms with E-state index in [4.69, 9.17) is 5.73 Å². The Morgan fingerprint density at radius 3 is 2.53 bits per heavy atom. The molecule has 1 atom stereocenters. The molecule has 0 fully saturated rings. The van der Waals surface area contributed by atoms with Crippen molar-refractivity contribution in [2.45, 2.75) is 19.9 Å². The van der Waals surface area contributed by atoms with E-state index in [2.05, 4.69) is 15.9 Å². The van der Waals surface area contributed by atoms with Gasteiger partial charge in [0.15, 0.2) is 0 Å². The number of nitrogens with two attached hydrogens (primary N) is 1. The minimum absolute atomic E-state index is 0.223. The molecule has 0 aliphatic rings. The minimum Gasteiger partial charge on any atom is -0.320 e. The van der Waals surface area contributed by atoms with Gasteiger partial charge in [-0.1, -0.05) is 6.07 Å². The number of halogens is 2. The van der Waals surface area contributed by atoms with Gasteiger partial charge in [-0.2, -0.15) is 0 Å². The van der Waals surface area contributed by atoms with Crippen LogP contribution in [0, 0.1) is 19.7 Å². The van der Waals surface area contributed by atoms with E-state index >= 15 is 0 Å². The summed E-state index contributed by atoms with van der Waals surface area (Å²) in [7, 11) is 0. The third-order valence-corrected chi connectivity index (χ3v) is 4.40. The van der Waals surface area contributed by atoms with Gasteiger partial charge in [-0.15, -0.1) is 11.3 Å². The molecule has 1 aromatic heterocycles. The number of benzene rings is 1. The Morgan fingerprint density at radius 2 is 2.00 bits per heavy atom. The molecule has 0 amide bonds. The molecule has 1 unspecified atom stereocenters. The van der Waals surface area contributed by atoms with Crippen molar-refractivity contribution in [1.29, 1.82) is 0 Å². The summed E-state index contributed by atoms with van der Waals surface area (Å²) in [5, 5.41) is 0. The van der Waals surface area contributed by atoms with Crippen LogP contribution in [-0.2, 0) is 0 Å². The first-order chi connectivity index (χ1) is 7.99. The predicted octanol–water partition coefficient (Wildman–Crippen LogP) is 4.31. The van der Waals surface area contributed by atoms with Crippen LogP contribution in [0.1, 0.15) is 27.6 Å². The maximum Gasteiger partial charge on any atom is 0.128 e. The van der Waals surface area contributed by atoms with E-state index in [1.54, 1.807) is 0 Å².